The molecule has 1 atom stereocenters. The zero-order valence-corrected chi connectivity index (χ0v) is 9.13. The second-order valence-electron chi connectivity index (χ2n) is 3.78. The van der Waals surface area contributed by atoms with Crippen molar-refractivity contribution < 1.29 is 17.6 Å². The lowest BCUT2D eigenvalue weighted by atomic mass is 9.98. The van der Waals surface area contributed by atoms with Gasteiger partial charge in [-0.25, -0.2) is 17.6 Å². The van der Waals surface area contributed by atoms with Gasteiger partial charge in [0.1, 0.15) is 23.3 Å². The first kappa shape index (κ1) is 12.6. The SMILES string of the molecule is NC(c1ccccc1F)c1c(F)cc(F)cc1F. The molecular weight excluding hydrogens is 246 g/mol. The van der Waals surface area contributed by atoms with Crippen molar-refractivity contribution in [1.82, 2.24) is 0 Å². The maximum Gasteiger partial charge on any atom is 0.134 e. The maximum absolute atomic E-state index is 13.5. The quantitative estimate of drug-likeness (QED) is 0.819. The Balaban J connectivity index is 2.53. The van der Waals surface area contributed by atoms with Crippen molar-refractivity contribution in [3.8, 4) is 0 Å². The van der Waals surface area contributed by atoms with Crippen molar-refractivity contribution in [1.29, 1.82) is 0 Å². The van der Waals surface area contributed by atoms with E-state index in [1.165, 1.54) is 18.2 Å². The van der Waals surface area contributed by atoms with Gasteiger partial charge in [0, 0.05) is 23.3 Å². The van der Waals surface area contributed by atoms with Gasteiger partial charge in [0.2, 0.25) is 0 Å². The van der Waals surface area contributed by atoms with Gasteiger partial charge < -0.3 is 5.73 Å². The molecule has 0 radical (unpaired) electrons. The van der Waals surface area contributed by atoms with Gasteiger partial charge in [-0.2, -0.15) is 0 Å². The number of hydrogen-bond acceptors (Lipinski definition) is 1. The minimum absolute atomic E-state index is 0.0538. The third-order valence-electron chi connectivity index (χ3n) is 2.60. The van der Waals surface area contributed by atoms with Crippen LogP contribution in [-0.2, 0) is 0 Å². The van der Waals surface area contributed by atoms with E-state index < -0.39 is 34.9 Å². The average molecular weight is 255 g/mol. The van der Waals surface area contributed by atoms with E-state index in [2.05, 4.69) is 0 Å². The predicted octanol–water partition coefficient (Wildman–Crippen LogP) is 3.29. The summed E-state index contributed by atoms with van der Waals surface area (Å²) in [5.74, 6) is -3.99. The van der Waals surface area contributed by atoms with Crippen LogP contribution in [0.2, 0.25) is 0 Å². The third kappa shape index (κ3) is 2.22. The Labute approximate surface area is 101 Å². The Bertz CT molecular complexity index is 560. The molecule has 2 aromatic carbocycles. The molecule has 0 bridgehead atoms. The first-order valence-corrected chi connectivity index (χ1v) is 5.15. The van der Waals surface area contributed by atoms with Crippen molar-refractivity contribution in [2.24, 2.45) is 5.73 Å². The van der Waals surface area contributed by atoms with E-state index in [-0.39, 0.29) is 5.56 Å². The Hall–Kier alpha value is -1.88. The summed E-state index contributed by atoms with van der Waals surface area (Å²) < 4.78 is 53.2. The number of halogens is 4. The van der Waals surface area contributed by atoms with Gasteiger partial charge in [0.25, 0.3) is 0 Å². The molecule has 0 amide bonds. The summed E-state index contributed by atoms with van der Waals surface area (Å²) in [5, 5.41) is 0. The summed E-state index contributed by atoms with van der Waals surface area (Å²) in [5.41, 5.74) is 5.02. The molecule has 0 aliphatic rings. The van der Waals surface area contributed by atoms with Crippen LogP contribution in [0, 0.1) is 23.3 Å². The zero-order chi connectivity index (χ0) is 13.3. The molecule has 0 aliphatic heterocycles. The molecule has 0 saturated heterocycles. The molecule has 2 N–H and O–H groups in total. The lowest BCUT2D eigenvalue weighted by Crippen LogP contribution is -2.17. The maximum atomic E-state index is 13.5. The molecule has 5 heteroatoms. The number of rotatable bonds is 2. The van der Waals surface area contributed by atoms with Crippen LogP contribution in [0.3, 0.4) is 0 Å². The minimum atomic E-state index is -1.33. The highest BCUT2D eigenvalue weighted by Crippen LogP contribution is 2.27. The van der Waals surface area contributed by atoms with Gasteiger partial charge in [-0.1, -0.05) is 18.2 Å². The normalized spacial score (nSPS) is 12.5. The molecule has 0 heterocycles. The molecule has 18 heavy (non-hydrogen) atoms. The Morgan fingerprint density at radius 3 is 1.94 bits per heavy atom. The summed E-state index contributed by atoms with van der Waals surface area (Å²) in [6.45, 7) is 0. The van der Waals surface area contributed by atoms with E-state index >= 15 is 0 Å². The van der Waals surface area contributed by atoms with Crippen LogP contribution >= 0.6 is 0 Å². The lowest BCUT2D eigenvalue weighted by Gasteiger charge is -2.15. The molecule has 1 unspecified atom stereocenters. The largest absolute Gasteiger partial charge is 0.320 e. The zero-order valence-electron chi connectivity index (χ0n) is 9.13. The van der Waals surface area contributed by atoms with Crippen molar-refractivity contribution in [2.75, 3.05) is 0 Å². The Kier molecular flexibility index (Phi) is 3.34. The molecule has 0 aliphatic carbocycles. The van der Waals surface area contributed by atoms with Crippen molar-refractivity contribution >= 4 is 0 Å². The molecule has 0 spiro atoms. The number of nitrogens with two attached hydrogens (primary N) is 1. The average Bonchev–Trinajstić information content (AvgIpc) is 2.27. The standard InChI is InChI=1S/C13H9F4N/c14-7-5-10(16)12(11(17)6-7)13(18)8-3-1-2-4-9(8)15/h1-6,13H,18H2. The van der Waals surface area contributed by atoms with Crippen molar-refractivity contribution in [3.63, 3.8) is 0 Å². The van der Waals surface area contributed by atoms with Crippen LogP contribution in [0.25, 0.3) is 0 Å². The van der Waals surface area contributed by atoms with Gasteiger partial charge in [-0.3, -0.25) is 0 Å². The van der Waals surface area contributed by atoms with E-state index in [1.54, 1.807) is 0 Å². The first-order valence-electron chi connectivity index (χ1n) is 5.15. The second-order valence-corrected chi connectivity index (χ2v) is 3.78. The third-order valence-corrected chi connectivity index (χ3v) is 2.60. The molecular formula is C13H9F4N. The number of benzene rings is 2. The molecule has 1 nitrogen and oxygen atoms in total. The fourth-order valence-corrected chi connectivity index (χ4v) is 1.73. The summed E-state index contributed by atoms with van der Waals surface area (Å²) in [6.07, 6.45) is 0. The topological polar surface area (TPSA) is 26.0 Å². The van der Waals surface area contributed by atoms with Gasteiger partial charge in [-0.05, 0) is 6.07 Å². The van der Waals surface area contributed by atoms with Crippen LogP contribution in [-0.4, -0.2) is 0 Å². The highest BCUT2D eigenvalue weighted by atomic mass is 19.1. The summed E-state index contributed by atoms with van der Waals surface area (Å²) in [6, 6.07) is 5.09. The first-order chi connectivity index (χ1) is 8.50. The van der Waals surface area contributed by atoms with Gasteiger partial charge in [0.05, 0.1) is 6.04 Å². The van der Waals surface area contributed by atoms with E-state index in [1.807, 2.05) is 0 Å². The fraction of sp³-hybridized carbons (Fsp3) is 0.0769. The Morgan fingerprint density at radius 2 is 1.39 bits per heavy atom. The molecule has 2 rings (SSSR count). The molecule has 0 saturated carbocycles. The van der Waals surface area contributed by atoms with Crippen LogP contribution < -0.4 is 5.73 Å². The summed E-state index contributed by atoms with van der Waals surface area (Å²) in [4.78, 5) is 0. The highest BCUT2D eigenvalue weighted by molar-refractivity contribution is 5.34. The van der Waals surface area contributed by atoms with E-state index in [0.717, 1.165) is 6.07 Å². The Morgan fingerprint density at radius 1 is 0.833 bits per heavy atom. The van der Waals surface area contributed by atoms with Crippen molar-refractivity contribution in [3.05, 3.63) is 70.8 Å². The van der Waals surface area contributed by atoms with Crippen molar-refractivity contribution in [2.45, 2.75) is 6.04 Å². The van der Waals surface area contributed by atoms with Gasteiger partial charge >= 0.3 is 0 Å². The summed E-state index contributed by atoms with van der Waals surface area (Å²) in [7, 11) is 0. The predicted molar refractivity (Wildman–Crippen MR) is 58.7 cm³/mol. The van der Waals surface area contributed by atoms with Gasteiger partial charge in [-0.15, -0.1) is 0 Å². The molecule has 94 valence electrons. The van der Waals surface area contributed by atoms with Crippen LogP contribution in [0.5, 0.6) is 0 Å². The summed E-state index contributed by atoms with van der Waals surface area (Å²) >= 11 is 0. The van der Waals surface area contributed by atoms with Crippen LogP contribution in [0.1, 0.15) is 17.2 Å². The minimum Gasteiger partial charge on any atom is -0.320 e. The molecule has 0 fully saturated rings. The lowest BCUT2D eigenvalue weighted by molar-refractivity contribution is 0.509. The highest BCUT2D eigenvalue weighted by Gasteiger charge is 2.21. The monoisotopic (exact) mass is 255 g/mol. The number of hydrogen-bond donors (Lipinski definition) is 1. The smallest absolute Gasteiger partial charge is 0.134 e. The van der Waals surface area contributed by atoms with Gasteiger partial charge in [0.15, 0.2) is 0 Å². The second kappa shape index (κ2) is 4.78. The molecule has 0 aromatic heterocycles. The van der Waals surface area contributed by atoms with Crippen LogP contribution in [0.15, 0.2) is 36.4 Å². The van der Waals surface area contributed by atoms with E-state index in [4.69, 9.17) is 5.73 Å². The fourth-order valence-electron chi connectivity index (χ4n) is 1.73. The molecule has 2 aromatic rings. The van der Waals surface area contributed by atoms with E-state index in [0.29, 0.717) is 12.1 Å². The van der Waals surface area contributed by atoms with Crippen LogP contribution in [0.4, 0.5) is 17.6 Å². The van der Waals surface area contributed by atoms with E-state index in [9.17, 15) is 17.6 Å².